The minimum Gasteiger partial charge on any atom is -0.457 e. The fourth-order valence-corrected chi connectivity index (χ4v) is 4.23. The minimum atomic E-state index is -0.726. The van der Waals surface area contributed by atoms with Gasteiger partial charge >= 0.3 is 0 Å². The molecule has 0 spiro atoms. The van der Waals surface area contributed by atoms with Gasteiger partial charge in [-0.3, -0.25) is 9.78 Å². The molecule has 0 aliphatic carbocycles. The number of carbonyl (C=O) groups excluding carboxylic acids is 1. The van der Waals surface area contributed by atoms with E-state index in [0.717, 1.165) is 16.5 Å². The van der Waals surface area contributed by atoms with Crippen molar-refractivity contribution in [2.75, 3.05) is 19.7 Å². The van der Waals surface area contributed by atoms with Crippen LogP contribution in [0.15, 0.2) is 79.0 Å². The molecule has 1 aromatic heterocycles. The van der Waals surface area contributed by atoms with Gasteiger partial charge in [0, 0.05) is 41.3 Å². The normalized spacial score (nSPS) is 12.8. The largest absolute Gasteiger partial charge is 0.457 e. The van der Waals surface area contributed by atoms with Gasteiger partial charge in [-0.25, -0.2) is 0 Å². The summed E-state index contributed by atoms with van der Waals surface area (Å²) < 4.78 is 6.11. The first-order valence-corrected chi connectivity index (χ1v) is 12.6. The molecule has 1 amide bonds. The van der Waals surface area contributed by atoms with Crippen molar-refractivity contribution in [2.45, 2.75) is 25.5 Å². The molecule has 0 aliphatic rings. The van der Waals surface area contributed by atoms with Crippen molar-refractivity contribution in [2.24, 2.45) is 0 Å². The maximum atomic E-state index is 12.1. The molecule has 0 fully saturated rings. The number of hydrogen-bond donors (Lipinski definition) is 4. The van der Waals surface area contributed by atoms with Crippen molar-refractivity contribution in [3.8, 4) is 11.5 Å². The number of aliphatic hydroxyl groups is 2. The molecule has 8 heteroatoms. The Bertz CT molecular complexity index is 1350. The number of fused-ring (bicyclic) bond motifs is 1. The zero-order valence-electron chi connectivity index (χ0n) is 20.5. The molecule has 2 atom stereocenters. The lowest BCUT2D eigenvalue weighted by Gasteiger charge is -2.19. The number of ether oxygens (including phenoxy) is 1. The van der Waals surface area contributed by atoms with E-state index in [2.05, 4.69) is 15.6 Å². The van der Waals surface area contributed by atoms with Gasteiger partial charge in [0.15, 0.2) is 0 Å². The van der Waals surface area contributed by atoms with Gasteiger partial charge in [-0.2, -0.15) is 0 Å². The lowest BCUT2D eigenvalue weighted by molar-refractivity contribution is 0.0956. The van der Waals surface area contributed by atoms with E-state index in [4.69, 9.17) is 16.3 Å². The lowest BCUT2D eigenvalue weighted by atomic mass is 10.0. The molecule has 37 heavy (non-hydrogen) atoms. The molecule has 4 rings (SSSR count). The first-order chi connectivity index (χ1) is 18.0. The van der Waals surface area contributed by atoms with Crippen LogP contribution in [-0.4, -0.2) is 46.8 Å². The van der Waals surface area contributed by atoms with Crippen molar-refractivity contribution in [3.63, 3.8) is 0 Å². The number of nitrogens with zero attached hydrogens (tertiary/aromatic N) is 1. The van der Waals surface area contributed by atoms with E-state index in [1.807, 2.05) is 43.3 Å². The number of pyridine rings is 1. The second kappa shape index (κ2) is 12.7. The number of carbonyl (C=O) groups is 1. The number of rotatable bonds is 11. The van der Waals surface area contributed by atoms with Crippen LogP contribution in [0.1, 0.15) is 34.5 Å². The number of nitrogens with one attached hydrogen (secondary N) is 2. The van der Waals surface area contributed by atoms with Crippen molar-refractivity contribution >= 4 is 28.4 Å². The molecule has 0 aliphatic heterocycles. The maximum Gasteiger partial charge on any atom is 0.251 e. The van der Waals surface area contributed by atoms with E-state index in [-0.39, 0.29) is 18.6 Å². The van der Waals surface area contributed by atoms with Crippen LogP contribution in [-0.2, 0) is 6.42 Å². The Hall–Kier alpha value is -3.49. The summed E-state index contributed by atoms with van der Waals surface area (Å²) in [5.74, 6) is 1.17. The average Bonchev–Trinajstić information content (AvgIpc) is 2.91. The highest BCUT2D eigenvalue weighted by molar-refractivity contribution is 6.30. The van der Waals surface area contributed by atoms with Gasteiger partial charge in [0.2, 0.25) is 0 Å². The molecule has 192 valence electrons. The van der Waals surface area contributed by atoms with E-state index >= 15 is 0 Å². The second-order valence-corrected chi connectivity index (χ2v) is 9.15. The molecule has 4 aromatic rings. The zero-order chi connectivity index (χ0) is 26.2. The van der Waals surface area contributed by atoms with Crippen molar-refractivity contribution in [1.29, 1.82) is 0 Å². The van der Waals surface area contributed by atoms with Crippen LogP contribution < -0.4 is 15.4 Å². The van der Waals surface area contributed by atoms with Crippen LogP contribution in [0.5, 0.6) is 11.5 Å². The fourth-order valence-electron chi connectivity index (χ4n) is 4.03. The molecule has 1 heterocycles. The molecule has 0 radical (unpaired) electrons. The summed E-state index contributed by atoms with van der Waals surface area (Å²) in [7, 11) is 0. The summed E-state index contributed by atoms with van der Waals surface area (Å²) in [5.41, 5.74) is 2.97. The highest BCUT2D eigenvalue weighted by Gasteiger charge is 2.14. The monoisotopic (exact) mass is 519 g/mol. The van der Waals surface area contributed by atoms with E-state index in [0.29, 0.717) is 47.1 Å². The van der Waals surface area contributed by atoms with E-state index < -0.39 is 6.10 Å². The number of amides is 1. The Balaban J connectivity index is 1.38. The fraction of sp³-hybridized carbons (Fsp3) is 0.241. The summed E-state index contributed by atoms with van der Waals surface area (Å²) in [4.78, 5) is 16.5. The van der Waals surface area contributed by atoms with Gasteiger partial charge in [0.25, 0.3) is 5.91 Å². The highest BCUT2D eigenvalue weighted by Crippen LogP contribution is 2.29. The predicted octanol–water partition coefficient (Wildman–Crippen LogP) is 4.66. The topological polar surface area (TPSA) is 104 Å². The van der Waals surface area contributed by atoms with E-state index in [1.54, 1.807) is 42.6 Å². The SMILES string of the molecule is CCNC(=O)c1ccc2c(Oc3ccc(C[C@@H](CO)NC[C@H](O)c4cccc(Cl)c4)cc3)ccnc2c1. The zero-order valence-corrected chi connectivity index (χ0v) is 21.3. The Morgan fingerprint density at radius 2 is 1.89 bits per heavy atom. The standard InChI is InChI=1S/C29H30ClN3O4/c1-2-31-29(36)21-8-11-25-26(16-21)32-13-12-28(25)37-24-9-6-19(7-10-24)14-23(18-34)33-17-27(35)20-4-3-5-22(30)15-20/h3-13,15-16,23,27,33-35H,2,14,17-18H2,1H3,(H,31,36)/t23-,27-/m0/s1. The first-order valence-electron chi connectivity index (χ1n) is 12.2. The van der Waals surface area contributed by atoms with Crippen LogP contribution in [0.4, 0.5) is 0 Å². The third-order valence-electron chi connectivity index (χ3n) is 5.99. The summed E-state index contributed by atoms with van der Waals surface area (Å²) in [6.07, 6.45) is 1.51. The summed E-state index contributed by atoms with van der Waals surface area (Å²) >= 11 is 6.01. The first kappa shape index (κ1) is 26.6. The lowest BCUT2D eigenvalue weighted by Crippen LogP contribution is -2.37. The molecule has 0 saturated heterocycles. The Morgan fingerprint density at radius 1 is 1.08 bits per heavy atom. The molecule has 4 N–H and O–H groups in total. The molecule has 3 aromatic carbocycles. The van der Waals surface area contributed by atoms with Gasteiger partial charge in [-0.15, -0.1) is 0 Å². The van der Waals surface area contributed by atoms with Crippen LogP contribution >= 0.6 is 11.6 Å². The average molecular weight is 520 g/mol. The molecule has 0 saturated carbocycles. The van der Waals surface area contributed by atoms with Gasteiger partial charge in [0.05, 0.1) is 18.2 Å². The third kappa shape index (κ3) is 7.05. The molecular formula is C29H30ClN3O4. The molecule has 0 unspecified atom stereocenters. The summed E-state index contributed by atoms with van der Waals surface area (Å²) in [6, 6.07) is 21.7. The number of aliphatic hydroxyl groups excluding tert-OH is 2. The predicted molar refractivity (Wildman–Crippen MR) is 145 cm³/mol. The Morgan fingerprint density at radius 3 is 2.62 bits per heavy atom. The smallest absolute Gasteiger partial charge is 0.251 e. The van der Waals surface area contributed by atoms with Crippen molar-refractivity contribution in [1.82, 2.24) is 15.6 Å². The van der Waals surface area contributed by atoms with Crippen molar-refractivity contribution < 1.29 is 19.7 Å². The van der Waals surface area contributed by atoms with Gasteiger partial charge < -0.3 is 25.6 Å². The van der Waals surface area contributed by atoms with E-state index in [1.165, 1.54) is 0 Å². The van der Waals surface area contributed by atoms with E-state index in [9.17, 15) is 15.0 Å². The van der Waals surface area contributed by atoms with Gasteiger partial charge in [-0.1, -0.05) is 35.9 Å². The minimum absolute atomic E-state index is 0.0677. The maximum absolute atomic E-state index is 12.1. The summed E-state index contributed by atoms with van der Waals surface area (Å²) in [6.45, 7) is 2.66. The van der Waals surface area contributed by atoms with Crippen LogP contribution in [0.3, 0.4) is 0 Å². The van der Waals surface area contributed by atoms with Crippen LogP contribution in [0.2, 0.25) is 5.02 Å². The molecule has 0 bridgehead atoms. The Labute approximate surface area is 221 Å². The Kier molecular flexibility index (Phi) is 9.09. The van der Waals surface area contributed by atoms with Gasteiger partial charge in [-0.05, 0) is 73.0 Å². The van der Waals surface area contributed by atoms with Gasteiger partial charge in [0.1, 0.15) is 11.5 Å². The number of benzene rings is 3. The summed E-state index contributed by atoms with van der Waals surface area (Å²) in [5, 5.41) is 27.6. The van der Waals surface area contributed by atoms with Crippen molar-refractivity contribution in [3.05, 3.63) is 101 Å². The second-order valence-electron chi connectivity index (χ2n) is 8.71. The van der Waals surface area contributed by atoms with Crippen LogP contribution in [0.25, 0.3) is 10.9 Å². The molecule has 7 nitrogen and oxygen atoms in total. The molecular weight excluding hydrogens is 490 g/mol. The quantitative estimate of drug-likeness (QED) is 0.230. The number of halogens is 1. The number of hydrogen-bond acceptors (Lipinski definition) is 6. The van der Waals surface area contributed by atoms with Crippen LogP contribution in [0, 0.1) is 0 Å². The third-order valence-corrected chi connectivity index (χ3v) is 6.22. The number of aromatic nitrogens is 1. The highest BCUT2D eigenvalue weighted by atomic mass is 35.5.